The standard InChI is InChI=1S/C16H14ClF3N2/c17-15-6-14(21)4-2-11(15)8-22-7-10-1-3-13(16(18,19)20)5-12(10)9-22/h1-6H,7-9,21H2. The number of alkyl halides is 3. The fourth-order valence-electron chi connectivity index (χ4n) is 2.69. The lowest BCUT2D eigenvalue weighted by Gasteiger charge is -2.16. The fourth-order valence-corrected chi connectivity index (χ4v) is 2.93. The molecule has 0 aromatic heterocycles. The number of nitrogens with two attached hydrogens (primary N) is 1. The quantitative estimate of drug-likeness (QED) is 0.826. The van der Waals surface area contributed by atoms with E-state index in [1.807, 2.05) is 6.07 Å². The van der Waals surface area contributed by atoms with Gasteiger partial charge in [0, 0.05) is 30.3 Å². The molecule has 0 bridgehead atoms. The number of benzene rings is 2. The summed E-state index contributed by atoms with van der Waals surface area (Å²) in [6.07, 6.45) is -4.30. The Morgan fingerprint density at radius 2 is 1.77 bits per heavy atom. The molecule has 2 N–H and O–H groups in total. The normalized spacial score (nSPS) is 15.1. The lowest BCUT2D eigenvalue weighted by atomic mass is 10.1. The van der Waals surface area contributed by atoms with Crippen LogP contribution in [0.25, 0.3) is 0 Å². The van der Waals surface area contributed by atoms with E-state index in [-0.39, 0.29) is 0 Å². The Morgan fingerprint density at radius 1 is 1.05 bits per heavy atom. The van der Waals surface area contributed by atoms with Crippen LogP contribution in [0, 0.1) is 0 Å². The van der Waals surface area contributed by atoms with Crippen LogP contribution in [-0.2, 0) is 25.8 Å². The molecule has 1 aliphatic heterocycles. The predicted molar refractivity (Wildman–Crippen MR) is 80.3 cm³/mol. The number of halogens is 4. The number of nitrogen functional groups attached to an aromatic ring is 1. The summed E-state index contributed by atoms with van der Waals surface area (Å²) in [5, 5.41) is 0.576. The van der Waals surface area contributed by atoms with Crippen LogP contribution in [0.3, 0.4) is 0 Å². The summed E-state index contributed by atoms with van der Waals surface area (Å²) in [4.78, 5) is 2.06. The van der Waals surface area contributed by atoms with E-state index in [0.717, 1.165) is 22.8 Å². The molecule has 22 heavy (non-hydrogen) atoms. The minimum atomic E-state index is -4.30. The number of anilines is 1. The molecule has 0 spiro atoms. The number of fused-ring (bicyclic) bond motifs is 1. The first kappa shape index (κ1) is 15.2. The third-order valence-corrected chi connectivity index (χ3v) is 4.14. The van der Waals surface area contributed by atoms with Crippen LogP contribution < -0.4 is 5.73 Å². The number of nitrogens with zero attached hydrogens (tertiary/aromatic N) is 1. The summed E-state index contributed by atoms with van der Waals surface area (Å²) in [5.41, 5.74) is 8.22. The van der Waals surface area contributed by atoms with Crippen molar-refractivity contribution in [1.29, 1.82) is 0 Å². The van der Waals surface area contributed by atoms with E-state index in [0.29, 0.717) is 30.3 Å². The van der Waals surface area contributed by atoms with E-state index >= 15 is 0 Å². The molecule has 0 atom stereocenters. The molecule has 1 heterocycles. The zero-order chi connectivity index (χ0) is 15.9. The summed E-state index contributed by atoms with van der Waals surface area (Å²) < 4.78 is 38.2. The van der Waals surface area contributed by atoms with Crippen LogP contribution in [0.4, 0.5) is 18.9 Å². The molecule has 0 amide bonds. The smallest absolute Gasteiger partial charge is 0.399 e. The molecule has 116 valence electrons. The van der Waals surface area contributed by atoms with Gasteiger partial charge in [-0.3, -0.25) is 4.90 Å². The van der Waals surface area contributed by atoms with Gasteiger partial charge in [0.1, 0.15) is 0 Å². The molecule has 3 rings (SSSR count). The van der Waals surface area contributed by atoms with Gasteiger partial charge in [0.15, 0.2) is 0 Å². The Morgan fingerprint density at radius 3 is 2.45 bits per heavy atom. The Labute approximate surface area is 131 Å². The van der Waals surface area contributed by atoms with Crippen LogP contribution in [-0.4, -0.2) is 4.90 Å². The highest BCUT2D eigenvalue weighted by molar-refractivity contribution is 6.31. The van der Waals surface area contributed by atoms with Crippen molar-refractivity contribution >= 4 is 17.3 Å². The first-order chi connectivity index (χ1) is 10.3. The van der Waals surface area contributed by atoms with Gasteiger partial charge in [0.2, 0.25) is 0 Å². The molecule has 0 fully saturated rings. The van der Waals surface area contributed by atoms with Gasteiger partial charge in [-0.05, 0) is 41.0 Å². The SMILES string of the molecule is Nc1ccc(CN2Cc3ccc(C(F)(F)F)cc3C2)c(Cl)c1. The maximum absolute atomic E-state index is 12.7. The highest BCUT2D eigenvalue weighted by Gasteiger charge is 2.32. The summed E-state index contributed by atoms with van der Waals surface area (Å²) in [5.74, 6) is 0. The van der Waals surface area contributed by atoms with Gasteiger partial charge in [-0.2, -0.15) is 13.2 Å². The van der Waals surface area contributed by atoms with Crippen molar-refractivity contribution in [3.8, 4) is 0 Å². The Bertz CT molecular complexity index is 713. The molecule has 0 unspecified atom stereocenters. The number of hydrogen-bond acceptors (Lipinski definition) is 2. The lowest BCUT2D eigenvalue weighted by molar-refractivity contribution is -0.137. The van der Waals surface area contributed by atoms with Gasteiger partial charge >= 0.3 is 6.18 Å². The van der Waals surface area contributed by atoms with E-state index in [1.165, 1.54) is 6.07 Å². The number of rotatable bonds is 2. The monoisotopic (exact) mass is 326 g/mol. The molecule has 2 aromatic carbocycles. The van der Waals surface area contributed by atoms with Crippen LogP contribution >= 0.6 is 11.6 Å². The zero-order valence-corrected chi connectivity index (χ0v) is 12.4. The Kier molecular flexibility index (Phi) is 3.78. The zero-order valence-electron chi connectivity index (χ0n) is 11.6. The third kappa shape index (κ3) is 3.05. The van der Waals surface area contributed by atoms with Crippen LogP contribution in [0.15, 0.2) is 36.4 Å². The van der Waals surface area contributed by atoms with Crippen molar-refractivity contribution < 1.29 is 13.2 Å². The van der Waals surface area contributed by atoms with Crippen molar-refractivity contribution in [2.75, 3.05) is 5.73 Å². The average Bonchev–Trinajstić information content (AvgIpc) is 2.82. The molecule has 0 radical (unpaired) electrons. The van der Waals surface area contributed by atoms with Gasteiger partial charge in [0.25, 0.3) is 0 Å². The average molecular weight is 327 g/mol. The maximum atomic E-state index is 12.7. The minimum Gasteiger partial charge on any atom is -0.399 e. The molecule has 6 heteroatoms. The minimum absolute atomic E-state index is 0.486. The summed E-state index contributed by atoms with van der Waals surface area (Å²) in [6, 6.07) is 9.23. The fraction of sp³-hybridized carbons (Fsp3) is 0.250. The van der Waals surface area contributed by atoms with Crippen LogP contribution in [0.2, 0.25) is 5.02 Å². The Hall–Kier alpha value is -1.72. The van der Waals surface area contributed by atoms with E-state index in [1.54, 1.807) is 18.2 Å². The molecule has 0 saturated carbocycles. The first-order valence-electron chi connectivity index (χ1n) is 6.78. The largest absolute Gasteiger partial charge is 0.416 e. The van der Waals surface area contributed by atoms with Gasteiger partial charge in [-0.25, -0.2) is 0 Å². The second-order valence-corrected chi connectivity index (χ2v) is 5.88. The van der Waals surface area contributed by atoms with Crippen molar-refractivity contribution in [2.45, 2.75) is 25.8 Å². The van der Waals surface area contributed by atoms with Crippen LogP contribution in [0.1, 0.15) is 22.3 Å². The summed E-state index contributed by atoms with van der Waals surface area (Å²) in [7, 11) is 0. The van der Waals surface area contributed by atoms with Gasteiger partial charge < -0.3 is 5.73 Å². The molecule has 1 aliphatic rings. The summed E-state index contributed by atoms with van der Waals surface area (Å²) in [6.45, 7) is 1.68. The van der Waals surface area contributed by atoms with Gasteiger partial charge in [-0.1, -0.05) is 23.7 Å². The first-order valence-corrected chi connectivity index (χ1v) is 7.16. The van der Waals surface area contributed by atoms with E-state index < -0.39 is 11.7 Å². The second kappa shape index (κ2) is 5.48. The molecule has 2 nitrogen and oxygen atoms in total. The molecular weight excluding hydrogens is 313 g/mol. The predicted octanol–water partition coefficient (Wildman–Crippen LogP) is 4.46. The highest BCUT2D eigenvalue weighted by atomic mass is 35.5. The molecular formula is C16H14ClF3N2. The topological polar surface area (TPSA) is 29.3 Å². The van der Waals surface area contributed by atoms with E-state index in [4.69, 9.17) is 17.3 Å². The van der Waals surface area contributed by atoms with Crippen molar-refractivity contribution in [2.24, 2.45) is 0 Å². The molecule has 0 aliphatic carbocycles. The Balaban J connectivity index is 1.77. The van der Waals surface area contributed by atoms with E-state index in [9.17, 15) is 13.2 Å². The van der Waals surface area contributed by atoms with Gasteiger partial charge in [-0.15, -0.1) is 0 Å². The maximum Gasteiger partial charge on any atom is 0.416 e. The van der Waals surface area contributed by atoms with Gasteiger partial charge in [0.05, 0.1) is 5.56 Å². The second-order valence-electron chi connectivity index (χ2n) is 5.48. The number of hydrogen-bond donors (Lipinski definition) is 1. The van der Waals surface area contributed by atoms with E-state index in [2.05, 4.69) is 4.90 Å². The molecule has 0 saturated heterocycles. The van der Waals surface area contributed by atoms with Crippen molar-refractivity contribution in [3.05, 3.63) is 63.7 Å². The lowest BCUT2D eigenvalue weighted by Crippen LogP contribution is -2.15. The highest BCUT2D eigenvalue weighted by Crippen LogP contribution is 2.34. The molecule has 2 aromatic rings. The van der Waals surface area contributed by atoms with Crippen molar-refractivity contribution in [1.82, 2.24) is 4.90 Å². The summed E-state index contributed by atoms with van der Waals surface area (Å²) >= 11 is 6.15. The van der Waals surface area contributed by atoms with Crippen molar-refractivity contribution in [3.63, 3.8) is 0 Å². The van der Waals surface area contributed by atoms with Crippen LogP contribution in [0.5, 0.6) is 0 Å². The third-order valence-electron chi connectivity index (χ3n) is 3.79.